The molecule has 7 heteroatoms. The SMILES string of the molecule is CC(C)(C)OC(=O)N1CCN(C(=O)/C=C/c2cnc3ccccc3n2)CC1. The van der Waals surface area contributed by atoms with Crippen molar-refractivity contribution in [2.24, 2.45) is 0 Å². The second kappa shape index (κ2) is 7.73. The van der Waals surface area contributed by atoms with E-state index >= 15 is 0 Å². The average Bonchev–Trinajstić information content (AvgIpc) is 2.64. The molecule has 3 rings (SSSR count). The predicted octanol–water partition coefficient (Wildman–Crippen LogP) is 2.72. The van der Waals surface area contributed by atoms with Crippen molar-refractivity contribution in [3.05, 3.63) is 42.2 Å². The van der Waals surface area contributed by atoms with E-state index in [0.29, 0.717) is 31.9 Å². The van der Waals surface area contributed by atoms with E-state index in [-0.39, 0.29) is 12.0 Å². The van der Waals surface area contributed by atoms with E-state index in [1.165, 1.54) is 6.08 Å². The number of hydrogen-bond acceptors (Lipinski definition) is 5. The molecule has 142 valence electrons. The smallest absolute Gasteiger partial charge is 0.410 e. The number of benzene rings is 1. The van der Waals surface area contributed by atoms with Crippen LogP contribution < -0.4 is 0 Å². The normalized spacial score (nSPS) is 15.4. The van der Waals surface area contributed by atoms with Crippen LogP contribution >= 0.6 is 0 Å². The van der Waals surface area contributed by atoms with Crippen molar-refractivity contribution in [3.8, 4) is 0 Å². The van der Waals surface area contributed by atoms with Gasteiger partial charge in [0.05, 0.1) is 22.9 Å². The Morgan fingerprint density at radius 1 is 1.04 bits per heavy atom. The molecule has 1 fully saturated rings. The van der Waals surface area contributed by atoms with Crippen molar-refractivity contribution < 1.29 is 14.3 Å². The van der Waals surface area contributed by atoms with E-state index in [1.807, 2.05) is 45.0 Å². The predicted molar refractivity (Wildman–Crippen MR) is 103 cm³/mol. The highest BCUT2D eigenvalue weighted by Gasteiger charge is 2.26. The maximum Gasteiger partial charge on any atom is 0.410 e. The molecule has 1 aliphatic rings. The zero-order chi connectivity index (χ0) is 19.4. The largest absolute Gasteiger partial charge is 0.444 e. The van der Waals surface area contributed by atoms with E-state index in [0.717, 1.165) is 11.0 Å². The van der Waals surface area contributed by atoms with Gasteiger partial charge in [-0.2, -0.15) is 0 Å². The highest BCUT2D eigenvalue weighted by molar-refractivity contribution is 5.92. The maximum atomic E-state index is 12.4. The lowest BCUT2D eigenvalue weighted by Crippen LogP contribution is -2.51. The number of fused-ring (bicyclic) bond motifs is 1. The molecule has 1 saturated heterocycles. The van der Waals surface area contributed by atoms with Gasteiger partial charge in [-0.3, -0.25) is 9.78 Å². The molecule has 1 aromatic carbocycles. The number of rotatable bonds is 2. The quantitative estimate of drug-likeness (QED) is 0.762. The van der Waals surface area contributed by atoms with E-state index < -0.39 is 5.60 Å². The van der Waals surface area contributed by atoms with Gasteiger partial charge < -0.3 is 14.5 Å². The van der Waals surface area contributed by atoms with Crippen LogP contribution in [0, 0.1) is 0 Å². The van der Waals surface area contributed by atoms with Gasteiger partial charge in [0.2, 0.25) is 5.91 Å². The fraction of sp³-hybridized carbons (Fsp3) is 0.400. The summed E-state index contributed by atoms with van der Waals surface area (Å²) in [6.45, 7) is 7.40. The first-order valence-electron chi connectivity index (χ1n) is 8.98. The minimum absolute atomic E-state index is 0.103. The van der Waals surface area contributed by atoms with Crippen LogP contribution in [0.5, 0.6) is 0 Å². The van der Waals surface area contributed by atoms with Crippen molar-refractivity contribution in [1.82, 2.24) is 19.8 Å². The summed E-state index contributed by atoms with van der Waals surface area (Å²) in [4.78, 5) is 36.6. The molecule has 2 aromatic rings. The van der Waals surface area contributed by atoms with Crippen molar-refractivity contribution >= 4 is 29.1 Å². The number of nitrogens with zero attached hydrogens (tertiary/aromatic N) is 4. The molecule has 27 heavy (non-hydrogen) atoms. The molecule has 0 bridgehead atoms. The number of amides is 2. The molecule has 0 radical (unpaired) electrons. The van der Waals surface area contributed by atoms with E-state index in [4.69, 9.17) is 4.74 Å². The first-order chi connectivity index (χ1) is 12.8. The summed E-state index contributed by atoms with van der Waals surface area (Å²) < 4.78 is 5.37. The van der Waals surface area contributed by atoms with E-state index in [1.54, 1.807) is 22.1 Å². The Morgan fingerprint density at radius 2 is 1.67 bits per heavy atom. The lowest BCUT2D eigenvalue weighted by Gasteiger charge is -2.35. The molecule has 0 unspecified atom stereocenters. The fourth-order valence-corrected chi connectivity index (χ4v) is 2.75. The Labute approximate surface area is 158 Å². The average molecular weight is 368 g/mol. The minimum Gasteiger partial charge on any atom is -0.444 e. The lowest BCUT2D eigenvalue weighted by molar-refractivity contribution is -0.127. The summed E-state index contributed by atoms with van der Waals surface area (Å²) in [5, 5.41) is 0. The first kappa shape index (κ1) is 18.8. The number of para-hydroxylation sites is 2. The van der Waals surface area contributed by atoms with Crippen LogP contribution in [0.4, 0.5) is 4.79 Å². The van der Waals surface area contributed by atoms with Gasteiger partial charge in [0.1, 0.15) is 5.60 Å². The molecular weight excluding hydrogens is 344 g/mol. The van der Waals surface area contributed by atoms with Crippen molar-refractivity contribution in [2.45, 2.75) is 26.4 Å². The Bertz CT molecular complexity index is 865. The third kappa shape index (κ3) is 5.03. The second-order valence-corrected chi connectivity index (χ2v) is 7.41. The Morgan fingerprint density at radius 3 is 2.33 bits per heavy atom. The van der Waals surface area contributed by atoms with Crippen LogP contribution in [0.3, 0.4) is 0 Å². The summed E-state index contributed by atoms with van der Waals surface area (Å²) in [6, 6.07) is 7.59. The Kier molecular flexibility index (Phi) is 5.39. The topological polar surface area (TPSA) is 75.6 Å². The molecule has 7 nitrogen and oxygen atoms in total. The third-order valence-electron chi connectivity index (χ3n) is 4.11. The molecule has 0 saturated carbocycles. The number of carbonyl (C=O) groups is 2. The van der Waals surface area contributed by atoms with Gasteiger partial charge >= 0.3 is 6.09 Å². The molecule has 2 heterocycles. The summed E-state index contributed by atoms with van der Waals surface area (Å²) in [5.41, 5.74) is 1.72. The van der Waals surface area contributed by atoms with Crippen LogP contribution in [0.2, 0.25) is 0 Å². The molecule has 0 aliphatic carbocycles. The summed E-state index contributed by atoms with van der Waals surface area (Å²) in [6.07, 6.45) is 4.48. The van der Waals surface area contributed by atoms with Crippen molar-refractivity contribution in [1.29, 1.82) is 0 Å². The van der Waals surface area contributed by atoms with Crippen LogP contribution in [-0.4, -0.2) is 63.5 Å². The number of aromatic nitrogens is 2. The van der Waals surface area contributed by atoms with Gasteiger partial charge in [-0.05, 0) is 39.0 Å². The fourth-order valence-electron chi connectivity index (χ4n) is 2.75. The van der Waals surface area contributed by atoms with Gasteiger partial charge in [0, 0.05) is 32.3 Å². The molecule has 0 N–H and O–H groups in total. The van der Waals surface area contributed by atoms with E-state index in [2.05, 4.69) is 9.97 Å². The monoisotopic (exact) mass is 368 g/mol. The molecule has 2 amide bonds. The maximum absolute atomic E-state index is 12.4. The summed E-state index contributed by atoms with van der Waals surface area (Å²) in [5.74, 6) is -0.103. The highest BCUT2D eigenvalue weighted by atomic mass is 16.6. The first-order valence-corrected chi connectivity index (χ1v) is 8.98. The zero-order valence-corrected chi connectivity index (χ0v) is 15.9. The number of carbonyl (C=O) groups excluding carboxylic acids is 2. The van der Waals surface area contributed by atoms with Crippen molar-refractivity contribution in [3.63, 3.8) is 0 Å². The van der Waals surface area contributed by atoms with Crippen molar-refractivity contribution in [2.75, 3.05) is 26.2 Å². The second-order valence-electron chi connectivity index (χ2n) is 7.41. The zero-order valence-electron chi connectivity index (χ0n) is 15.9. The number of hydrogen-bond donors (Lipinski definition) is 0. The molecule has 1 aromatic heterocycles. The number of ether oxygens (including phenoxy) is 1. The standard InChI is InChI=1S/C20H24N4O3/c1-20(2,3)27-19(26)24-12-10-23(11-13-24)18(25)9-8-15-14-21-16-6-4-5-7-17(16)22-15/h4-9,14H,10-13H2,1-3H3/b9-8+. The molecule has 0 spiro atoms. The van der Waals surface area contributed by atoms with Gasteiger partial charge in [-0.25, -0.2) is 9.78 Å². The highest BCUT2D eigenvalue weighted by Crippen LogP contribution is 2.13. The molecule has 0 atom stereocenters. The summed E-state index contributed by atoms with van der Waals surface area (Å²) in [7, 11) is 0. The van der Waals surface area contributed by atoms with Crippen LogP contribution in [-0.2, 0) is 9.53 Å². The Hall–Kier alpha value is -2.96. The summed E-state index contributed by atoms with van der Waals surface area (Å²) >= 11 is 0. The molecular formula is C20H24N4O3. The van der Waals surface area contributed by atoms with Gasteiger partial charge in [0.15, 0.2) is 0 Å². The molecule has 1 aliphatic heterocycles. The van der Waals surface area contributed by atoms with Gasteiger partial charge in [-0.15, -0.1) is 0 Å². The van der Waals surface area contributed by atoms with E-state index in [9.17, 15) is 9.59 Å². The number of piperazine rings is 1. The van der Waals surface area contributed by atoms with Gasteiger partial charge in [-0.1, -0.05) is 12.1 Å². The lowest BCUT2D eigenvalue weighted by atomic mass is 10.2. The van der Waals surface area contributed by atoms with Crippen LogP contribution in [0.1, 0.15) is 26.5 Å². The minimum atomic E-state index is -0.520. The Balaban J connectivity index is 1.56. The van der Waals surface area contributed by atoms with Gasteiger partial charge in [0.25, 0.3) is 0 Å². The third-order valence-corrected chi connectivity index (χ3v) is 4.11. The van der Waals surface area contributed by atoms with Crippen LogP contribution in [0.25, 0.3) is 17.1 Å². The van der Waals surface area contributed by atoms with Crippen LogP contribution in [0.15, 0.2) is 36.5 Å².